The number of nitrogens with zero attached hydrogens (tertiary/aromatic N) is 3. The van der Waals surface area contributed by atoms with Crippen LogP contribution in [0.3, 0.4) is 0 Å². The molecule has 1 unspecified atom stereocenters. The van der Waals surface area contributed by atoms with Crippen molar-refractivity contribution in [3.8, 4) is 0 Å². The van der Waals surface area contributed by atoms with E-state index in [1.165, 1.54) is 19.3 Å². The molecular weight excluding hydrogens is 200 g/mol. The van der Waals surface area contributed by atoms with Gasteiger partial charge < -0.3 is 10.2 Å². The van der Waals surface area contributed by atoms with Gasteiger partial charge in [0.25, 0.3) is 0 Å². The van der Waals surface area contributed by atoms with E-state index in [9.17, 15) is 0 Å². The van der Waals surface area contributed by atoms with Crippen LogP contribution in [0.1, 0.15) is 26.2 Å². The Hall–Kier alpha value is -1.16. The predicted molar refractivity (Wildman–Crippen MR) is 65.6 cm³/mol. The van der Waals surface area contributed by atoms with Crippen molar-refractivity contribution >= 4 is 5.82 Å². The molecule has 1 aromatic rings. The molecule has 0 aliphatic carbocycles. The zero-order valence-corrected chi connectivity index (χ0v) is 9.89. The molecule has 2 heterocycles. The summed E-state index contributed by atoms with van der Waals surface area (Å²) in [6, 6.07) is 4.59. The topological polar surface area (TPSA) is 41.0 Å². The van der Waals surface area contributed by atoms with E-state index in [0.717, 1.165) is 25.5 Å². The molecule has 0 spiro atoms. The second-order valence-electron chi connectivity index (χ2n) is 4.28. The quantitative estimate of drug-likeness (QED) is 0.762. The molecule has 88 valence electrons. The van der Waals surface area contributed by atoms with Crippen LogP contribution in [0, 0.1) is 0 Å². The molecule has 0 aromatic carbocycles. The van der Waals surface area contributed by atoms with Crippen molar-refractivity contribution < 1.29 is 0 Å². The average Bonchev–Trinajstić information content (AvgIpc) is 2.79. The molecule has 2 rings (SSSR count). The molecule has 1 fully saturated rings. The van der Waals surface area contributed by atoms with Gasteiger partial charge in [-0.1, -0.05) is 6.92 Å². The zero-order chi connectivity index (χ0) is 11.2. The standard InChI is InChI=1S/C12H20N4/c1-2-7-13-10-11-5-4-9-16(11)12-6-3-8-14-15-12/h3,6,8,11,13H,2,4-5,7,9-10H2,1H3. The molecule has 4 nitrogen and oxygen atoms in total. The van der Waals surface area contributed by atoms with E-state index < -0.39 is 0 Å². The molecular formula is C12H20N4. The molecule has 0 bridgehead atoms. The van der Waals surface area contributed by atoms with E-state index in [1.807, 2.05) is 12.1 Å². The van der Waals surface area contributed by atoms with Crippen LogP contribution in [0.2, 0.25) is 0 Å². The first-order valence-electron chi connectivity index (χ1n) is 6.17. The Bertz CT molecular complexity index is 301. The van der Waals surface area contributed by atoms with Gasteiger partial charge in [-0.25, -0.2) is 0 Å². The fourth-order valence-electron chi connectivity index (χ4n) is 2.24. The van der Waals surface area contributed by atoms with E-state index in [4.69, 9.17) is 0 Å². The molecule has 1 aliphatic rings. The highest BCUT2D eigenvalue weighted by Gasteiger charge is 2.24. The fourth-order valence-corrected chi connectivity index (χ4v) is 2.24. The summed E-state index contributed by atoms with van der Waals surface area (Å²) in [5.41, 5.74) is 0. The number of hydrogen-bond acceptors (Lipinski definition) is 4. The van der Waals surface area contributed by atoms with Gasteiger partial charge in [-0.15, -0.1) is 5.10 Å². The molecule has 1 saturated heterocycles. The van der Waals surface area contributed by atoms with Crippen LogP contribution < -0.4 is 10.2 Å². The summed E-state index contributed by atoms with van der Waals surface area (Å²) < 4.78 is 0. The lowest BCUT2D eigenvalue weighted by atomic mass is 10.2. The number of aromatic nitrogens is 2. The Morgan fingerprint density at radius 3 is 3.25 bits per heavy atom. The SMILES string of the molecule is CCCNCC1CCCN1c1cccnn1. The molecule has 1 atom stereocenters. The molecule has 0 radical (unpaired) electrons. The molecule has 16 heavy (non-hydrogen) atoms. The molecule has 4 heteroatoms. The monoisotopic (exact) mass is 220 g/mol. The molecule has 1 aliphatic heterocycles. The Kier molecular flexibility index (Phi) is 4.10. The first-order valence-corrected chi connectivity index (χ1v) is 6.17. The van der Waals surface area contributed by atoms with Gasteiger partial charge in [-0.05, 0) is 37.9 Å². The van der Waals surface area contributed by atoms with Crippen molar-refractivity contribution in [2.24, 2.45) is 0 Å². The van der Waals surface area contributed by atoms with Crippen molar-refractivity contribution in [1.82, 2.24) is 15.5 Å². The van der Waals surface area contributed by atoms with Crippen LogP contribution in [0.4, 0.5) is 5.82 Å². The minimum atomic E-state index is 0.586. The van der Waals surface area contributed by atoms with Crippen molar-refractivity contribution in [2.45, 2.75) is 32.2 Å². The summed E-state index contributed by atoms with van der Waals surface area (Å²) in [4.78, 5) is 2.37. The molecule has 0 amide bonds. The lowest BCUT2D eigenvalue weighted by molar-refractivity contribution is 0.567. The van der Waals surface area contributed by atoms with Gasteiger partial charge in [-0.2, -0.15) is 5.10 Å². The highest BCUT2D eigenvalue weighted by molar-refractivity contribution is 5.39. The summed E-state index contributed by atoms with van der Waals surface area (Å²) in [6.07, 6.45) is 5.43. The van der Waals surface area contributed by atoms with Gasteiger partial charge >= 0.3 is 0 Å². The first kappa shape index (κ1) is 11.3. The van der Waals surface area contributed by atoms with Crippen molar-refractivity contribution in [3.05, 3.63) is 18.3 Å². The van der Waals surface area contributed by atoms with Crippen LogP contribution in [0.25, 0.3) is 0 Å². The smallest absolute Gasteiger partial charge is 0.151 e. The van der Waals surface area contributed by atoms with E-state index in [2.05, 4.69) is 27.3 Å². The van der Waals surface area contributed by atoms with E-state index in [0.29, 0.717) is 6.04 Å². The van der Waals surface area contributed by atoms with Crippen LogP contribution >= 0.6 is 0 Å². The van der Waals surface area contributed by atoms with Crippen LogP contribution in [-0.2, 0) is 0 Å². The summed E-state index contributed by atoms with van der Waals surface area (Å²) in [7, 11) is 0. The lowest BCUT2D eigenvalue weighted by Gasteiger charge is -2.25. The van der Waals surface area contributed by atoms with Gasteiger partial charge in [-0.3, -0.25) is 0 Å². The third kappa shape index (κ3) is 2.70. The van der Waals surface area contributed by atoms with Crippen molar-refractivity contribution in [2.75, 3.05) is 24.5 Å². The summed E-state index contributed by atoms with van der Waals surface area (Å²) in [5.74, 6) is 1.02. The zero-order valence-electron chi connectivity index (χ0n) is 9.89. The maximum Gasteiger partial charge on any atom is 0.151 e. The fraction of sp³-hybridized carbons (Fsp3) is 0.667. The minimum Gasteiger partial charge on any atom is -0.351 e. The van der Waals surface area contributed by atoms with Crippen molar-refractivity contribution in [1.29, 1.82) is 0 Å². The summed E-state index contributed by atoms with van der Waals surface area (Å²) >= 11 is 0. The lowest BCUT2D eigenvalue weighted by Crippen LogP contribution is -2.38. The van der Waals surface area contributed by atoms with Crippen LogP contribution in [0.5, 0.6) is 0 Å². The Balaban J connectivity index is 1.93. The summed E-state index contributed by atoms with van der Waals surface area (Å²) in [5, 5.41) is 11.6. The Morgan fingerprint density at radius 2 is 2.50 bits per heavy atom. The third-order valence-electron chi connectivity index (χ3n) is 3.04. The highest BCUT2D eigenvalue weighted by atomic mass is 15.3. The molecule has 1 N–H and O–H groups in total. The first-order chi connectivity index (χ1) is 7.92. The second kappa shape index (κ2) is 5.80. The number of nitrogens with one attached hydrogen (secondary N) is 1. The third-order valence-corrected chi connectivity index (χ3v) is 3.04. The Morgan fingerprint density at radius 1 is 1.56 bits per heavy atom. The van der Waals surface area contributed by atoms with E-state index in [-0.39, 0.29) is 0 Å². The normalized spacial score (nSPS) is 20.3. The van der Waals surface area contributed by atoms with Gasteiger partial charge in [0.2, 0.25) is 0 Å². The summed E-state index contributed by atoms with van der Waals surface area (Å²) in [6.45, 7) is 5.47. The van der Waals surface area contributed by atoms with Gasteiger partial charge in [0.1, 0.15) is 0 Å². The maximum absolute atomic E-state index is 4.19. The minimum absolute atomic E-state index is 0.586. The van der Waals surface area contributed by atoms with Crippen LogP contribution in [0.15, 0.2) is 18.3 Å². The highest BCUT2D eigenvalue weighted by Crippen LogP contribution is 2.22. The molecule has 0 saturated carbocycles. The van der Waals surface area contributed by atoms with Crippen molar-refractivity contribution in [3.63, 3.8) is 0 Å². The van der Waals surface area contributed by atoms with Gasteiger partial charge in [0, 0.05) is 25.3 Å². The van der Waals surface area contributed by atoms with Crippen LogP contribution in [-0.4, -0.2) is 35.9 Å². The number of anilines is 1. The number of hydrogen-bond donors (Lipinski definition) is 1. The van der Waals surface area contributed by atoms with Gasteiger partial charge in [0.15, 0.2) is 5.82 Å². The number of rotatable bonds is 5. The average molecular weight is 220 g/mol. The maximum atomic E-state index is 4.19. The van der Waals surface area contributed by atoms with Gasteiger partial charge in [0.05, 0.1) is 0 Å². The van der Waals surface area contributed by atoms with E-state index >= 15 is 0 Å². The second-order valence-corrected chi connectivity index (χ2v) is 4.28. The van der Waals surface area contributed by atoms with E-state index in [1.54, 1.807) is 6.20 Å². The predicted octanol–water partition coefficient (Wildman–Crippen LogP) is 1.44. The molecule has 1 aromatic heterocycles. The Labute approximate surface area is 97.1 Å². The largest absolute Gasteiger partial charge is 0.351 e.